The summed E-state index contributed by atoms with van der Waals surface area (Å²) in [6.07, 6.45) is -1.67. The Morgan fingerprint density at radius 2 is 1.79 bits per heavy atom. The van der Waals surface area contributed by atoms with Crippen LogP contribution in [-0.2, 0) is 28.6 Å². The zero-order valence-electron chi connectivity index (χ0n) is 13.9. The second kappa shape index (κ2) is 7.04. The third-order valence-corrected chi connectivity index (χ3v) is 4.34. The molecule has 136 valence electrons. The molecule has 0 spiro atoms. The largest absolute Gasteiger partial charge is 0.452 e. The number of nitrogens with zero attached hydrogens (tertiary/aromatic N) is 1. The molecule has 9 heteroatoms. The van der Waals surface area contributed by atoms with Crippen LogP contribution in [0.1, 0.15) is 39.5 Å². The second-order valence-corrected chi connectivity index (χ2v) is 6.12. The monoisotopic (exact) mass is 344 g/mol. The highest BCUT2D eigenvalue weighted by Crippen LogP contribution is 2.33. The minimum atomic E-state index is -2.30. The van der Waals surface area contributed by atoms with Crippen LogP contribution in [0.15, 0.2) is 0 Å². The van der Waals surface area contributed by atoms with E-state index in [9.17, 15) is 19.5 Å². The first-order valence-corrected chi connectivity index (χ1v) is 8.11. The zero-order valence-corrected chi connectivity index (χ0v) is 13.9. The molecule has 2 bridgehead atoms. The zero-order chi connectivity index (χ0) is 18.0. The van der Waals surface area contributed by atoms with E-state index in [0.29, 0.717) is 6.42 Å². The molecule has 2 rings (SSSR count). The molecule has 2 aliphatic heterocycles. The highest BCUT2D eigenvalue weighted by atomic mass is 16.8. The molecular formula is C15H24N2O7. The summed E-state index contributed by atoms with van der Waals surface area (Å²) in [7, 11) is 0. The fourth-order valence-corrected chi connectivity index (χ4v) is 2.87. The highest BCUT2D eigenvalue weighted by molar-refractivity contribution is 5.92. The maximum Gasteiger partial charge on any atom is 0.353 e. The average molecular weight is 344 g/mol. The molecule has 2 saturated heterocycles. The van der Waals surface area contributed by atoms with Gasteiger partial charge in [0.15, 0.2) is 11.7 Å². The number of fused-ring (bicyclic) bond motifs is 3. The summed E-state index contributed by atoms with van der Waals surface area (Å²) in [5, 5.41) is 10.2. The molecule has 0 amide bonds. The normalized spacial score (nSPS) is 33.4. The van der Waals surface area contributed by atoms with Crippen molar-refractivity contribution in [3.63, 3.8) is 0 Å². The predicted molar refractivity (Wildman–Crippen MR) is 80.2 cm³/mol. The molecule has 2 heterocycles. The van der Waals surface area contributed by atoms with E-state index in [1.54, 1.807) is 0 Å². The Morgan fingerprint density at radius 1 is 1.17 bits per heavy atom. The summed E-state index contributed by atoms with van der Waals surface area (Å²) in [6, 6.07) is 0. The predicted octanol–water partition coefficient (Wildman–Crippen LogP) is -0.742. The SMILES string of the molecule is CCN(CC)CCCC1OC(=O)CC2(O)CC(=O)OC1(N)OC2=O. The van der Waals surface area contributed by atoms with E-state index in [2.05, 4.69) is 4.90 Å². The highest BCUT2D eigenvalue weighted by Gasteiger charge is 2.57. The Balaban J connectivity index is 2.17. The van der Waals surface area contributed by atoms with Gasteiger partial charge in [0, 0.05) is 0 Å². The minimum absolute atomic E-state index is 0.248. The Hall–Kier alpha value is -1.71. The van der Waals surface area contributed by atoms with Gasteiger partial charge in [-0.3, -0.25) is 15.3 Å². The first-order valence-electron chi connectivity index (χ1n) is 8.11. The number of carbonyl (C=O) groups excluding carboxylic acids is 3. The second-order valence-electron chi connectivity index (χ2n) is 6.12. The Kier molecular flexibility index (Phi) is 5.46. The minimum Gasteiger partial charge on any atom is -0.452 e. The summed E-state index contributed by atoms with van der Waals surface area (Å²) in [5.41, 5.74) is 3.60. The third-order valence-electron chi connectivity index (χ3n) is 4.34. The van der Waals surface area contributed by atoms with Gasteiger partial charge in [-0.05, 0) is 32.5 Å². The van der Waals surface area contributed by atoms with Crippen LogP contribution in [0.3, 0.4) is 0 Å². The number of rotatable bonds is 6. The number of hydrogen-bond acceptors (Lipinski definition) is 9. The van der Waals surface area contributed by atoms with Crippen LogP contribution < -0.4 is 5.73 Å². The lowest BCUT2D eigenvalue weighted by Crippen LogP contribution is -2.60. The molecule has 0 aliphatic carbocycles. The molecule has 3 atom stereocenters. The first kappa shape index (κ1) is 18.6. The van der Waals surface area contributed by atoms with Gasteiger partial charge in [-0.15, -0.1) is 0 Å². The molecule has 3 N–H and O–H groups in total. The maximum absolute atomic E-state index is 12.1. The van der Waals surface area contributed by atoms with Crippen LogP contribution in [0.2, 0.25) is 0 Å². The molecular weight excluding hydrogens is 320 g/mol. The van der Waals surface area contributed by atoms with E-state index in [4.69, 9.17) is 19.9 Å². The molecule has 9 nitrogen and oxygen atoms in total. The van der Waals surface area contributed by atoms with Crippen molar-refractivity contribution in [1.29, 1.82) is 0 Å². The van der Waals surface area contributed by atoms with Crippen molar-refractivity contribution in [1.82, 2.24) is 4.90 Å². The summed E-state index contributed by atoms with van der Waals surface area (Å²) >= 11 is 0. The molecule has 0 aromatic rings. The molecule has 0 saturated carbocycles. The number of esters is 3. The van der Waals surface area contributed by atoms with Gasteiger partial charge >= 0.3 is 23.8 Å². The summed E-state index contributed by atoms with van der Waals surface area (Å²) in [5.74, 6) is -5.12. The van der Waals surface area contributed by atoms with E-state index in [1.165, 1.54) is 0 Å². The van der Waals surface area contributed by atoms with Gasteiger partial charge in [0.2, 0.25) is 0 Å². The van der Waals surface area contributed by atoms with Gasteiger partial charge in [0.1, 0.15) is 0 Å². The van der Waals surface area contributed by atoms with Crippen LogP contribution in [-0.4, -0.2) is 65.2 Å². The van der Waals surface area contributed by atoms with Crippen molar-refractivity contribution < 1.29 is 33.7 Å². The van der Waals surface area contributed by atoms with Crippen molar-refractivity contribution >= 4 is 17.9 Å². The number of hydrogen-bond donors (Lipinski definition) is 2. The van der Waals surface area contributed by atoms with Crippen molar-refractivity contribution in [3.05, 3.63) is 0 Å². The topological polar surface area (TPSA) is 128 Å². The third kappa shape index (κ3) is 3.85. The smallest absolute Gasteiger partial charge is 0.353 e. The van der Waals surface area contributed by atoms with Gasteiger partial charge in [0.25, 0.3) is 0 Å². The van der Waals surface area contributed by atoms with Gasteiger partial charge in [-0.2, -0.15) is 0 Å². The van der Waals surface area contributed by atoms with Crippen LogP contribution in [0.4, 0.5) is 0 Å². The Bertz CT molecular complexity index is 522. The lowest BCUT2D eigenvalue weighted by Gasteiger charge is -2.36. The van der Waals surface area contributed by atoms with E-state index in [-0.39, 0.29) is 6.42 Å². The summed E-state index contributed by atoms with van der Waals surface area (Å²) in [4.78, 5) is 38.1. The van der Waals surface area contributed by atoms with Crippen LogP contribution >= 0.6 is 0 Å². The van der Waals surface area contributed by atoms with E-state index < -0.39 is 48.4 Å². The van der Waals surface area contributed by atoms with Crippen molar-refractivity contribution in [3.8, 4) is 0 Å². The van der Waals surface area contributed by atoms with Crippen LogP contribution in [0.5, 0.6) is 0 Å². The maximum atomic E-state index is 12.1. The van der Waals surface area contributed by atoms with Crippen molar-refractivity contribution in [2.75, 3.05) is 19.6 Å². The fraction of sp³-hybridized carbons (Fsp3) is 0.800. The lowest BCUT2D eigenvalue weighted by molar-refractivity contribution is -0.268. The van der Waals surface area contributed by atoms with Crippen LogP contribution in [0.25, 0.3) is 0 Å². The van der Waals surface area contributed by atoms with Crippen molar-refractivity contribution in [2.24, 2.45) is 5.73 Å². The summed E-state index contributed by atoms with van der Waals surface area (Å²) < 4.78 is 15.2. The Labute approximate surface area is 140 Å². The van der Waals surface area contributed by atoms with E-state index in [1.807, 2.05) is 13.8 Å². The van der Waals surface area contributed by atoms with Crippen LogP contribution in [0, 0.1) is 0 Å². The first-order chi connectivity index (χ1) is 11.2. The van der Waals surface area contributed by atoms with E-state index >= 15 is 0 Å². The van der Waals surface area contributed by atoms with Gasteiger partial charge in [0.05, 0.1) is 12.8 Å². The number of cyclic esters (lactones) is 1. The quantitative estimate of drug-likeness (QED) is 0.598. The Morgan fingerprint density at radius 3 is 2.42 bits per heavy atom. The van der Waals surface area contributed by atoms with E-state index in [0.717, 1.165) is 19.6 Å². The van der Waals surface area contributed by atoms with Gasteiger partial charge < -0.3 is 24.2 Å². The van der Waals surface area contributed by atoms with Crippen molar-refractivity contribution in [2.45, 2.75) is 57.1 Å². The fourth-order valence-electron chi connectivity index (χ4n) is 2.87. The number of carbonyl (C=O) groups is 3. The standard InChI is InChI=1S/C15H24N2O7/c1-3-17(4-2)7-5-6-10-15(16)23-12(19)9-14(21,13(20)24-15)8-11(18)22-10/h10,21H,3-9,16H2,1-2H3. The molecule has 0 radical (unpaired) electrons. The molecule has 0 aromatic heterocycles. The molecule has 3 unspecified atom stereocenters. The lowest BCUT2D eigenvalue weighted by atomic mass is 9.95. The molecule has 24 heavy (non-hydrogen) atoms. The molecule has 2 fully saturated rings. The summed E-state index contributed by atoms with van der Waals surface area (Å²) in [6.45, 7) is 6.51. The van der Waals surface area contributed by atoms with Gasteiger partial charge in [-0.1, -0.05) is 13.8 Å². The average Bonchev–Trinajstić information content (AvgIpc) is 2.54. The van der Waals surface area contributed by atoms with Gasteiger partial charge in [-0.25, -0.2) is 4.79 Å². The number of aliphatic hydroxyl groups is 1. The number of nitrogens with two attached hydrogens (primary N) is 1. The number of ether oxygens (including phenoxy) is 3. The molecule has 2 aliphatic rings. The molecule has 0 aromatic carbocycles.